The fourth-order valence-electron chi connectivity index (χ4n) is 4.11. The van der Waals surface area contributed by atoms with Crippen molar-refractivity contribution in [2.45, 2.75) is 71.1 Å². The highest BCUT2D eigenvalue weighted by Crippen LogP contribution is 2.35. The Morgan fingerprint density at radius 2 is 1.85 bits per heavy atom. The van der Waals surface area contributed by atoms with E-state index in [4.69, 9.17) is 4.74 Å². The van der Waals surface area contributed by atoms with E-state index < -0.39 is 17.1 Å². The number of benzene rings is 2. The predicted octanol–water partition coefficient (Wildman–Crippen LogP) is 4.41. The van der Waals surface area contributed by atoms with Crippen molar-refractivity contribution in [3.8, 4) is 5.75 Å². The summed E-state index contributed by atoms with van der Waals surface area (Å²) in [5.74, 6) is -0.639. The molecule has 0 radical (unpaired) electrons. The molecule has 0 spiro atoms. The van der Waals surface area contributed by atoms with Gasteiger partial charge in [0.15, 0.2) is 11.1 Å². The van der Waals surface area contributed by atoms with Gasteiger partial charge in [0.1, 0.15) is 5.75 Å². The summed E-state index contributed by atoms with van der Waals surface area (Å²) in [7, 11) is 1.83. The van der Waals surface area contributed by atoms with Gasteiger partial charge in [-0.3, -0.25) is 9.80 Å². The summed E-state index contributed by atoms with van der Waals surface area (Å²) in [6.45, 7) is 7.40. The molecule has 182 valence electrons. The topological polar surface area (TPSA) is 91.2 Å². The molecule has 0 aromatic heterocycles. The van der Waals surface area contributed by atoms with Gasteiger partial charge in [0.25, 0.3) is 5.91 Å². The largest absolute Gasteiger partial charge is 0.478 e. The predicted molar refractivity (Wildman–Crippen MR) is 133 cm³/mol. The number of aryl methyl sites for hydroxylation is 2. The number of likely N-dealkylation sites (N-methyl/N-ethyl adjacent to an activating group) is 1. The zero-order chi connectivity index (χ0) is 24.9. The number of ether oxygens (including phenoxy) is 1. The van der Waals surface area contributed by atoms with Gasteiger partial charge in [-0.2, -0.15) is 5.10 Å². The lowest BCUT2D eigenvalue weighted by molar-refractivity contribution is -0.152. The van der Waals surface area contributed by atoms with Crippen LogP contribution in [0.5, 0.6) is 5.75 Å². The average molecular weight is 466 g/mol. The second-order valence-corrected chi connectivity index (χ2v) is 9.39. The lowest BCUT2D eigenvalue weighted by atomic mass is 9.85. The maximum Gasteiger partial charge on any atom is 0.347 e. The molecule has 2 aromatic carbocycles. The van der Waals surface area contributed by atoms with E-state index in [0.717, 1.165) is 36.0 Å². The number of hydrogen-bond donors (Lipinski definition) is 2. The van der Waals surface area contributed by atoms with Gasteiger partial charge in [-0.05, 0) is 61.9 Å². The molecule has 34 heavy (non-hydrogen) atoms. The minimum atomic E-state index is -1.33. The first-order valence-corrected chi connectivity index (χ1v) is 11.8. The van der Waals surface area contributed by atoms with Crippen molar-refractivity contribution in [1.29, 1.82) is 0 Å². The van der Waals surface area contributed by atoms with Gasteiger partial charge in [0.05, 0.1) is 0 Å². The quantitative estimate of drug-likeness (QED) is 0.542. The third-order valence-corrected chi connectivity index (χ3v) is 6.39. The molecular formula is C27H35N3O4. The van der Waals surface area contributed by atoms with Crippen molar-refractivity contribution in [3.05, 3.63) is 64.7 Å². The van der Waals surface area contributed by atoms with Crippen LogP contribution in [0.3, 0.4) is 0 Å². The fraction of sp³-hybridized carbons (Fsp3) is 0.444. The van der Waals surface area contributed by atoms with Gasteiger partial charge in [0.2, 0.25) is 0 Å². The molecule has 2 N–H and O–H groups in total. The van der Waals surface area contributed by atoms with Crippen LogP contribution in [0.25, 0.3) is 0 Å². The second kappa shape index (κ2) is 10.3. The Kier molecular flexibility index (Phi) is 7.64. The van der Waals surface area contributed by atoms with Crippen LogP contribution in [0.4, 0.5) is 0 Å². The highest BCUT2D eigenvalue weighted by Gasteiger charge is 2.46. The van der Waals surface area contributed by atoms with Crippen LogP contribution in [-0.2, 0) is 28.1 Å². The Balaban J connectivity index is 1.74. The molecule has 0 fully saturated rings. The molecule has 1 aliphatic rings. The van der Waals surface area contributed by atoms with E-state index in [2.05, 4.69) is 29.5 Å². The lowest BCUT2D eigenvalue weighted by Gasteiger charge is -2.34. The number of carboxylic acid groups (broad SMARTS) is 1. The maximum atomic E-state index is 13.5. The zero-order valence-electron chi connectivity index (χ0n) is 20.7. The summed E-state index contributed by atoms with van der Waals surface area (Å²) in [5, 5.41) is 18.5. The van der Waals surface area contributed by atoms with Crippen molar-refractivity contribution < 1.29 is 19.4 Å². The summed E-state index contributed by atoms with van der Waals surface area (Å²) in [6.07, 6.45) is 5.61. The van der Waals surface area contributed by atoms with Gasteiger partial charge in [0, 0.05) is 26.2 Å². The number of carbonyl (C=O) groups is 2. The molecule has 0 bridgehead atoms. The number of hydrazone groups is 1. The first-order valence-electron chi connectivity index (χ1n) is 11.8. The van der Waals surface area contributed by atoms with Crippen LogP contribution in [-0.4, -0.2) is 40.9 Å². The number of amides is 1. The summed E-state index contributed by atoms with van der Waals surface area (Å²) in [5.41, 5.74) is 1.68. The van der Waals surface area contributed by atoms with E-state index in [1.54, 1.807) is 17.3 Å². The number of nitrogens with zero attached hydrogens (tertiary/aromatic N) is 2. The third kappa shape index (κ3) is 5.24. The molecule has 3 rings (SSSR count). The van der Waals surface area contributed by atoms with Crippen LogP contribution in [0.1, 0.15) is 62.3 Å². The van der Waals surface area contributed by atoms with Gasteiger partial charge < -0.3 is 15.2 Å². The fourth-order valence-corrected chi connectivity index (χ4v) is 4.11. The molecule has 2 aromatic rings. The molecule has 7 nitrogen and oxygen atoms in total. The standard InChI is InChI=1S/C27H35N3O4/c1-6-7-8-20-9-12-22(13-10-20)27(15-16-29-30(27)5)24(31)28-18-21-11-14-23(19(2)17-21)34-26(3,4)25(32)33/h9-14,16-17H,6-8,15,18H2,1-5H3,(H,28,31)(H,32,33). The van der Waals surface area contributed by atoms with E-state index in [-0.39, 0.29) is 5.91 Å². The SMILES string of the molecule is CCCCc1ccc(C2(C(=O)NCc3ccc(OC(C)(C)C(=O)O)c(C)c3)CC=NN2C)cc1. The summed E-state index contributed by atoms with van der Waals surface area (Å²) in [6, 6.07) is 13.8. The second-order valence-electron chi connectivity index (χ2n) is 9.39. The Morgan fingerprint density at radius 3 is 2.41 bits per heavy atom. The molecule has 1 heterocycles. The van der Waals surface area contributed by atoms with Gasteiger partial charge >= 0.3 is 5.97 Å². The van der Waals surface area contributed by atoms with Crippen molar-refractivity contribution in [1.82, 2.24) is 10.3 Å². The number of aliphatic carboxylic acids is 1. The number of carboxylic acids is 1. The Bertz CT molecular complexity index is 1060. The maximum absolute atomic E-state index is 13.5. The van der Waals surface area contributed by atoms with Crippen LogP contribution >= 0.6 is 0 Å². The zero-order valence-corrected chi connectivity index (χ0v) is 20.7. The van der Waals surface area contributed by atoms with Crippen LogP contribution < -0.4 is 10.1 Å². The number of nitrogens with one attached hydrogen (secondary N) is 1. The monoisotopic (exact) mass is 465 g/mol. The Labute approximate surface area is 201 Å². The van der Waals surface area contributed by atoms with E-state index in [9.17, 15) is 14.7 Å². The first-order chi connectivity index (χ1) is 16.1. The molecule has 1 unspecified atom stereocenters. The Morgan fingerprint density at radius 1 is 1.18 bits per heavy atom. The minimum absolute atomic E-state index is 0.112. The Hall–Kier alpha value is -3.35. The number of carbonyl (C=O) groups excluding carboxylic acids is 1. The summed E-state index contributed by atoms with van der Waals surface area (Å²) < 4.78 is 5.67. The van der Waals surface area contributed by atoms with Crippen molar-refractivity contribution >= 4 is 18.1 Å². The van der Waals surface area contributed by atoms with Crippen molar-refractivity contribution in [3.63, 3.8) is 0 Å². The number of unbranched alkanes of at least 4 members (excludes halogenated alkanes) is 1. The molecule has 0 saturated carbocycles. The van der Waals surface area contributed by atoms with Gasteiger partial charge in [-0.25, -0.2) is 4.79 Å². The molecule has 0 aliphatic carbocycles. The van der Waals surface area contributed by atoms with E-state index in [1.807, 2.05) is 38.2 Å². The highest BCUT2D eigenvalue weighted by atomic mass is 16.5. The van der Waals surface area contributed by atoms with Crippen molar-refractivity contribution in [2.75, 3.05) is 7.05 Å². The molecule has 1 aliphatic heterocycles. The molecule has 1 amide bonds. The molecule has 7 heteroatoms. The van der Waals surface area contributed by atoms with Crippen LogP contribution in [0.15, 0.2) is 47.6 Å². The van der Waals surface area contributed by atoms with Gasteiger partial charge in [-0.1, -0.05) is 49.7 Å². The van der Waals surface area contributed by atoms with Gasteiger partial charge in [-0.15, -0.1) is 0 Å². The average Bonchev–Trinajstić information content (AvgIpc) is 3.20. The first kappa shape index (κ1) is 25.3. The molecular weight excluding hydrogens is 430 g/mol. The van der Waals surface area contributed by atoms with Crippen LogP contribution in [0.2, 0.25) is 0 Å². The van der Waals surface area contributed by atoms with E-state index >= 15 is 0 Å². The number of hydrogen-bond acceptors (Lipinski definition) is 5. The minimum Gasteiger partial charge on any atom is -0.478 e. The lowest BCUT2D eigenvalue weighted by Crippen LogP contribution is -2.51. The van der Waals surface area contributed by atoms with Crippen molar-refractivity contribution in [2.24, 2.45) is 5.10 Å². The molecule has 0 saturated heterocycles. The summed E-state index contributed by atoms with van der Waals surface area (Å²) >= 11 is 0. The normalized spacial score (nSPS) is 17.6. The van der Waals surface area contributed by atoms with E-state index in [1.165, 1.54) is 19.4 Å². The van der Waals surface area contributed by atoms with E-state index in [0.29, 0.717) is 18.7 Å². The number of rotatable bonds is 10. The third-order valence-electron chi connectivity index (χ3n) is 6.39. The highest BCUT2D eigenvalue weighted by molar-refractivity contribution is 5.91. The van der Waals surface area contributed by atoms with Crippen LogP contribution in [0, 0.1) is 6.92 Å². The summed E-state index contributed by atoms with van der Waals surface area (Å²) in [4.78, 5) is 24.9. The smallest absolute Gasteiger partial charge is 0.347 e. The molecule has 1 atom stereocenters.